The second-order valence-electron chi connectivity index (χ2n) is 9.77. The van der Waals surface area contributed by atoms with Crippen LogP contribution in [0.2, 0.25) is 0 Å². The van der Waals surface area contributed by atoms with E-state index in [4.69, 9.17) is 4.74 Å². The molecular formula is C22H33N3O4. The molecule has 1 fully saturated rings. The highest BCUT2D eigenvalue weighted by Crippen LogP contribution is 2.35. The number of fused-ring (bicyclic) bond motifs is 4. The van der Waals surface area contributed by atoms with Crippen LogP contribution in [0.15, 0.2) is 23.0 Å². The zero-order valence-corrected chi connectivity index (χ0v) is 18.1. The van der Waals surface area contributed by atoms with Gasteiger partial charge in [-0.15, -0.1) is 0 Å². The molecule has 2 bridgehead atoms. The van der Waals surface area contributed by atoms with Crippen LogP contribution in [0.3, 0.4) is 0 Å². The number of aromatic nitrogens is 1. The first-order valence-electron chi connectivity index (χ1n) is 10.5. The molecule has 1 N–H and O–H groups in total. The Morgan fingerprint density at radius 1 is 1.21 bits per heavy atom. The molecule has 3 heterocycles. The Morgan fingerprint density at radius 3 is 2.59 bits per heavy atom. The van der Waals surface area contributed by atoms with Crippen LogP contribution in [-0.2, 0) is 16.1 Å². The summed E-state index contributed by atoms with van der Waals surface area (Å²) < 4.78 is 7.22. The summed E-state index contributed by atoms with van der Waals surface area (Å²) in [6, 6.07) is 4.76. The minimum atomic E-state index is -0.616. The molecule has 7 nitrogen and oxygen atoms in total. The van der Waals surface area contributed by atoms with Gasteiger partial charge >= 0.3 is 6.09 Å². The molecule has 2 aliphatic rings. The first kappa shape index (κ1) is 21.4. The van der Waals surface area contributed by atoms with Gasteiger partial charge in [0.15, 0.2) is 0 Å². The Bertz CT molecular complexity index is 824. The van der Waals surface area contributed by atoms with Gasteiger partial charge in [-0.2, -0.15) is 0 Å². The number of carbonyl (C=O) groups is 2. The summed E-state index contributed by atoms with van der Waals surface area (Å²) in [6.45, 7) is 11.3. The molecule has 3 rings (SSSR count). The van der Waals surface area contributed by atoms with Gasteiger partial charge in [0.25, 0.3) is 5.56 Å². The van der Waals surface area contributed by atoms with Crippen molar-refractivity contribution in [3.63, 3.8) is 0 Å². The molecule has 2 aliphatic heterocycles. The zero-order chi connectivity index (χ0) is 21.3. The summed E-state index contributed by atoms with van der Waals surface area (Å²) in [5, 5.41) is 2.79. The molecule has 29 heavy (non-hydrogen) atoms. The van der Waals surface area contributed by atoms with Crippen LogP contribution >= 0.6 is 0 Å². The predicted octanol–water partition coefficient (Wildman–Crippen LogP) is 2.73. The van der Waals surface area contributed by atoms with Crippen LogP contribution in [0.5, 0.6) is 0 Å². The number of alkyl carbamates (subject to hydrolysis) is 1. The van der Waals surface area contributed by atoms with Gasteiger partial charge in [-0.25, -0.2) is 4.79 Å². The molecule has 0 spiro atoms. The lowest BCUT2D eigenvalue weighted by Crippen LogP contribution is -2.55. The normalized spacial score (nSPS) is 22.1. The second-order valence-corrected chi connectivity index (χ2v) is 9.77. The summed E-state index contributed by atoms with van der Waals surface area (Å²) in [4.78, 5) is 39.7. The number of nitrogens with one attached hydrogen (secondary N) is 1. The van der Waals surface area contributed by atoms with Crippen molar-refractivity contribution in [1.29, 1.82) is 0 Å². The molecule has 2 amide bonds. The third-order valence-corrected chi connectivity index (χ3v) is 5.49. The number of rotatable bonds is 4. The lowest BCUT2D eigenvalue weighted by Gasteiger charge is -2.43. The maximum Gasteiger partial charge on any atom is 0.408 e. The average Bonchev–Trinajstić information content (AvgIpc) is 2.59. The summed E-state index contributed by atoms with van der Waals surface area (Å²) >= 11 is 0. The van der Waals surface area contributed by atoms with E-state index in [1.807, 2.05) is 29.4 Å². The topological polar surface area (TPSA) is 80.6 Å². The molecule has 1 aromatic rings. The Labute approximate surface area is 172 Å². The van der Waals surface area contributed by atoms with Gasteiger partial charge in [0.2, 0.25) is 5.91 Å². The molecular weight excluding hydrogens is 370 g/mol. The quantitative estimate of drug-likeness (QED) is 0.838. The molecule has 160 valence electrons. The number of likely N-dealkylation sites (tertiary alicyclic amines) is 1. The van der Waals surface area contributed by atoms with Crippen LogP contribution in [0, 0.1) is 11.8 Å². The Morgan fingerprint density at radius 2 is 1.93 bits per heavy atom. The number of pyridine rings is 1. The standard InChI is InChI=1S/C22H33N3O4/c1-14(2)9-17(23-21(28)29-22(3,4)5)20(27)24-11-15-10-16(13-24)18-7-6-8-19(26)25(18)12-15/h6-8,14-17H,9-13H2,1-5H3,(H,23,28)/t15-,16-,17+/m1/s1. The number of hydrogen-bond acceptors (Lipinski definition) is 4. The van der Waals surface area contributed by atoms with Gasteiger partial charge in [-0.3, -0.25) is 9.59 Å². The van der Waals surface area contributed by atoms with Gasteiger partial charge < -0.3 is 19.5 Å². The van der Waals surface area contributed by atoms with Crippen molar-refractivity contribution in [2.45, 2.75) is 71.6 Å². The minimum Gasteiger partial charge on any atom is -0.444 e. The number of nitrogens with zero attached hydrogens (tertiary/aromatic N) is 2. The van der Waals surface area contributed by atoms with E-state index < -0.39 is 17.7 Å². The SMILES string of the molecule is CC(C)C[C@H](NC(=O)OC(C)(C)C)C(=O)N1C[C@H]2C[C@H](C1)c1cccc(=O)n1C2. The maximum absolute atomic E-state index is 13.3. The van der Waals surface area contributed by atoms with Gasteiger partial charge in [-0.1, -0.05) is 19.9 Å². The van der Waals surface area contributed by atoms with E-state index in [9.17, 15) is 14.4 Å². The van der Waals surface area contributed by atoms with Crippen LogP contribution in [0.4, 0.5) is 4.79 Å². The summed E-state index contributed by atoms with van der Waals surface area (Å²) in [7, 11) is 0. The number of piperidine rings is 1. The Kier molecular flexibility index (Phi) is 6.05. The fourth-order valence-corrected chi connectivity index (χ4v) is 4.44. The fraction of sp³-hybridized carbons (Fsp3) is 0.682. The van der Waals surface area contributed by atoms with E-state index in [0.29, 0.717) is 26.1 Å². The van der Waals surface area contributed by atoms with Crippen LogP contribution < -0.4 is 10.9 Å². The van der Waals surface area contributed by atoms with E-state index in [1.165, 1.54) is 0 Å². The van der Waals surface area contributed by atoms with Crippen molar-refractivity contribution < 1.29 is 14.3 Å². The number of carbonyl (C=O) groups excluding carboxylic acids is 2. The number of hydrogen-bond donors (Lipinski definition) is 1. The molecule has 1 saturated heterocycles. The molecule has 0 saturated carbocycles. The minimum absolute atomic E-state index is 0.0289. The molecule has 0 aliphatic carbocycles. The maximum atomic E-state index is 13.3. The number of amides is 2. The number of ether oxygens (including phenoxy) is 1. The molecule has 0 radical (unpaired) electrons. The van der Waals surface area contributed by atoms with Gasteiger partial charge in [0.1, 0.15) is 11.6 Å². The first-order chi connectivity index (χ1) is 13.5. The predicted molar refractivity (Wildman–Crippen MR) is 111 cm³/mol. The monoisotopic (exact) mass is 403 g/mol. The van der Waals surface area contributed by atoms with Crippen LogP contribution in [0.1, 0.15) is 59.1 Å². The van der Waals surface area contributed by atoms with E-state index >= 15 is 0 Å². The van der Waals surface area contributed by atoms with Crippen molar-refractivity contribution >= 4 is 12.0 Å². The van der Waals surface area contributed by atoms with Crippen molar-refractivity contribution in [3.05, 3.63) is 34.2 Å². The molecule has 0 unspecified atom stereocenters. The molecule has 3 atom stereocenters. The molecule has 1 aromatic heterocycles. The third kappa shape index (κ3) is 5.19. The summed E-state index contributed by atoms with van der Waals surface area (Å²) in [5.41, 5.74) is 0.419. The first-order valence-corrected chi connectivity index (χ1v) is 10.5. The largest absolute Gasteiger partial charge is 0.444 e. The van der Waals surface area contributed by atoms with Crippen molar-refractivity contribution in [2.24, 2.45) is 11.8 Å². The highest BCUT2D eigenvalue weighted by atomic mass is 16.6. The lowest BCUT2D eigenvalue weighted by atomic mass is 9.82. The Hall–Kier alpha value is -2.31. The van der Waals surface area contributed by atoms with Crippen molar-refractivity contribution in [3.8, 4) is 0 Å². The summed E-state index contributed by atoms with van der Waals surface area (Å²) in [6.07, 6.45) is 0.979. The van der Waals surface area contributed by atoms with Crippen molar-refractivity contribution in [1.82, 2.24) is 14.8 Å². The highest BCUT2D eigenvalue weighted by molar-refractivity contribution is 5.86. The molecule has 0 aromatic carbocycles. The van der Waals surface area contributed by atoms with E-state index in [0.717, 1.165) is 12.1 Å². The zero-order valence-electron chi connectivity index (χ0n) is 18.1. The van der Waals surface area contributed by atoms with E-state index in [-0.39, 0.29) is 29.2 Å². The van der Waals surface area contributed by atoms with Gasteiger partial charge in [0.05, 0.1) is 0 Å². The van der Waals surface area contributed by atoms with Gasteiger partial charge in [-0.05, 0) is 51.5 Å². The molecule has 7 heteroatoms. The second kappa shape index (κ2) is 8.20. The third-order valence-electron chi connectivity index (χ3n) is 5.49. The smallest absolute Gasteiger partial charge is 0.408 e. The highest BCUT2D eigenvalue weighted by Gasteiger charge is 2.38. The van der Waals surface area contributed by atoms with Crippen LogP contribution in [0.25, 0.3) is 0 Å². The Balaban J connectivity index is 1.75. The summed E-state index contributed by atoms with van der Waals surface area (Å²) in [5.74, 6) is 0.599. The van der Waals surface area contributed by atoms with Crippen molar-refractivity contribution in [2.75, 3.05) is 13.1 Å². The van der Waals surface area contributed by atoms with E-state index in [2.05, 4.69) is 5.32 Å². The fourth-order valence-electron chi connectivity index (χ4n) is 4.44. The van der Waals surface area contributed by atoms with Crippen LogP contribution in [-0.4, -0.2) is 46.2 Å². The van der Waals surface area contributed by atoms with Gasteiger partial charge in [0, 0.05) is 37.3 Å². The van der Waals surface area contributed by atoms with E-state index in [1.54, 1.807) is 32.9 Å². The lowest BCUT2D eigenvalue weighted by molar-refractivity contribution is -0.136. The average molecular weight is 404 g/mol.